The van der Waals surface area contributed by atoms with Gasteiger partial charge in [0.15, 0.2) is 5.96 Å². The molecular weight excluding hydrogens is 428 g/mol. The van der Waals surface area contributed by atoms with Crippen LogP contribution >= 0.6 is 0 Å². The Bertz CT molecular complexity index is 1110. The van der Waals surface area contributed by atoms with Crippen molar-refractivity contribution >= 4 is 23.3 Å². The number of methoxy groups -OCH3 is 1. The average Bonchev–Trinajstić information content (AvgIpc) is 2.89. The fraction of sp³-hybridized carbons (Fsp3) is 0.259. The molecule has 0 aliphatic carbocycles. The topological polar surface area (TPSA) is 77.4 Å². The predicted octanol–water partition coefficient (Wildman–Crippen LogP) is 4.23. The molecule has 0 spiro atoms. The van der Waals surface area contributed by atoms with Crippen LogP contribution in [0.25, 0.3) is 0 Å². The lowest BCUT2D eigenvalue weighted by Crippen LogP contribution is -2.50. The molecule has 0 bridgehead atoms. The number of piperazine rings is 1. The minimum atomic E-state index is -0.945. The van der Waals surface area contributed by atoms with Gasteiger partial charge in [-0.2, -0.15) is 0 Å². The SMILES string of the molecule is COc1ccc(N2CCN(C(=NCCc3ccccc3)Nc3cccc(C(=O)O)c3)CC2)cc1. The Morgan fingerprint density at radius 2 is 1.71 bits per heavy atom. The van der Waals surface area contributed by atoms with Gasteiger partial charge >= 0.3 is 5.97 Å². The summed E-state index contributed by atoms with van der Waals surface area (Å²) >= 11 is 0. The number of carboxylic acids is 1. The molecule has 0 radical (unpaired) electrons. The largest absolute Gasteiger partial charge is 0.497 e. The first-order valence-corrected chi connectivity index (χ1v) is 11.4. The molecule has 0 atom stereocenters. The predicted molar refractivity (Wildman–Crippen MR) is 136 cm³/mol. The van der Waals surface area contributed by atoms with Crippen molar-refractivity contribution in [1.82, 2.24) is 4.90 Å². The third kappa shape index (κ3) is 6.07. The highest BCUT2D eigenvalue weighted by molar-refractivity contribution is 5.96. The summed E-state index contributed by atoms with van der Waals surface area (Å²) in [6, 6.07) is 25.3. The number of nitrogens with zero attached hydrogens (tertiary/aromatic N) is 3. The van der Waals surface area contributed by atoms with E-state index in [4.69, 9.17) is 9.73 Å². The summed E-state index contributed by atoms with van der Waals surface area (Å²) in [6.45, 7) is 3.98. The van der Waals surface area contributed by atoms with Crippen LogP contribution in [0.4, 0.5) is 11.4 Å². The molecule has 3 aromatic rings. The van der Waals surface area contributed by atoms with Crippen LogP contribution in [-0.4, -0.2) is 61.8 Å². The Labute approximate surface area is 200 Å². The van der Waals surface area contributed by atoms with E-state index in [1.54, 1.807) is 25.3 Å². The number of carbonyl (C=O) groups is 1. The summed E-state index contributed by atoms with van der Waals surface area (Å²) in [6.07, 6.45) is 0.840. The van der Waals surface area contributed by atoms with E-state index in [9.17, 15) is 9.90 Å². The van der Waals surface area contributed by atoms with E-state index in [0.717, 1.165) is 50.0 Å². The summed E-state index contributed by atoms with van der Waals surface area (Å²) in [5.41, 5.74) is 3.38. The molecule has 0 saturated carbocycles. The number of benzene rings is 3. The second-order valence-electron chi connectivity index (χ2n) is 8.12. The number of anilines is 2. The van der Waals surface area contributed by atoms with Crippen LogP contribution in [0.1, 0.15) is 15.9 Å². The van der Waals surface area contributed by atoms with Gasteiger partial charge in [-0.05, 0) is 54.4 Å². The van der Waals surface area contributed by atoms with Gasteiger partial charge in [0.25, 0.3) is 0 Å². The van der Waals surface area contributed by atoms with Crippen LogP contribution < -0.4 is 15.0 Å². The van der Waals surface area contributed by atoms with Crippen LogP contribution in [0.5, 0.6) is 5.75 Å². The molecule has 0 aromatic heterocycles. The molecule has 1 aliphatic heterocycles. The summed E-state index contributed by atoms with van der Waals surface area (Å²) in [7, 11) is 1.67. The Morgan fingerprint density at radius 1 is 0.971 bits per heavy atom. The van der Waals surface area contributed by atoms with E-state index in [0.29, 0.717) is 6.54 Å². The molecular formula is C27H30N4O3. The van der Waals surface area contributed by atoms with Crippen molar-refractivity contribution in [1.29, 1.82) is 0 Å². The zero-order valence-corrected chi connectivity index (χ0v) is 19.4. The molecule has 176 valence electrons. The van der Waals surface area contributed by atoms with Crippen LogP contribution in [0, 0.1) is 0 Å². The van der Waals surface area contributed by atoms with E-state index in [1.807, 2.05) is 36.4 Å². The van der Waals surface area contributed by atoms with Gasteiger partial charge in [-0.15, -0.1) is 0 Å². The van der Waals surface area contributed by atoms with Crippen LogP contribution in [-0.2, 0) is 6.42 Å². The van der Waals surface area contributed by atoms with Crippen molar-refractivity contribution in [3.63, 3.8) is 0 Å². The van der Waals surface area contributed by atoms with Gasteiger partial charge in [-0.1, -0.05) is 36.4 Å². The van der Waals surface area contributed by atoms with Crippen molar-refractivity contribution < 1.29 is 14.6 Å². The molecule has 2 N–H and O–H groups in total. The number of rotatable bonds is 7. The average molecular weight is 459 g/mol. The highest BCUT2D eigenvalue weighted by Gasteiger charge is 2.20. The van der Waals surface area contributed by atoms with Crippen LogP contribution in [0.2, 0.25) is 0 Å². The van der Waals surface area contributed by atoms with Crippen molar-refractivity contribution in [3.05, 3.63) is 90.0 Å². The summed E-state index contributed by atoms with van der Waals surface area (Å²) in [5.74, 6) is 0.676. The molecule has 34 heavy (non-hydrogen) atoms. The fourth-order valence-electron chi connectivity index (χ4n) is 3.98. The lowest BCUT2D eigenvalue weighted by Gasteiger charge is -2.37. The molecule has 1 fully saturated rings. The Morgan fingerprint density at radius 3 is 2.38 bits per heavy atom. The third-order valence-electron chi connectivity index (χ3n) is 5.89. The first kappa shape index (κ1) is 23.2. The number of guanidine groups is 1. The number of aromatic carboxylic acids is 1. The molecule has 0 unspecified atom stereocenters. The minimum Gasteiger partial charge on any atom is -0.497 e. The van der Waals surface area contributed by atoms with Gasteiger partial charge < -0.3 is 25.0 Å². The smallest absolute Gasteiger partial charge is 0.335 e. The number of hydrogen-bond acceptors (Lipinski definition) is 4. The van der Waals surface area contributed by atoms with Crippen molar-refractivity contribution in [3.8, 4) is 5.75 Å². The van der Waals surface area contributed by atoms with E-state index in [-0.39, 0.29) is 5.56 Å². The molecule has 4 rings (SSSR count). The molecule has 1 heterocycles. The van der Waals surface area contributed by atoms with Crippen LogP contribution in [0.15, 0.2) is 83.9 Å². The summed E-state index contributed by atoms with van der Waals surface area (Å²) in [4.78, 5) is 20.9. The second-order valence-corrected chi connectivity index (χ2v) is 8.12. The van der Waals surface area contributed by atoms with Crippen molar-refractivity contribution in [2.75, 3.05) is 50.1 Å². The summed E-state index contributed by atoms with van der Waals surface area (Å²) < 4.78 is 5.27. The zero-order chi connectivity index (χ0) is 23.8. The maximum absolute atomic E-state index is 11.4. The normalized spacial score (nSPS) is 14.1. The fourth-order valence-corrected chi connectivity index (χ4v) is 3.98. The highest BCUT2D eigenvalue weighted by atomic mass is 16.5. The lowest BCUT2D eigenvalue weighted by atomic mass is 10.1. The molecule has 0 amide bonds. The maximum Gasteiger partial charge on any atom is 0.335 e. The standard InChI is InChI=1S/C27H30N4O3/c1-34-25-12-10-24(11-13-25)30-16-18-31(19-17-30)27(28-15-14-21-6-3-2-4-7-21)29-23-9-5-8-22(20-23)26(32)33/h2-13,20H,14-19H2,1H3,(H,28,29)(H,32,33). The zero-order valence-electron chi connectivity index (χ0n) is 19.4. The quantitative estimate of drug-likeness (QED) is 0.408. The molecule has 7 heteroatoms. The van der Waals surface area contributed by atoms with E-state index >= 15 is 0 Å². The van der Waals surface area contributed by atoms with Gasteiger partial charge in [-0.25, -0.2) is 4.79 Å². The number of aliphatic imine (C=N–C) groups is 1. The van der Waals surface area contributed by atoms with Gasteiger partial charge in [-0.3, -0.25) is 4.99 Å². The monoisotopic (exact) mass is 458 g/mol. The van der Waals surface area contributed by atoms with Crippen molar-refractivity contribution in [2.45, 2.75) is 6.42 Å². The Hall–Kier alpha value is -4.00. The molecule has 1 saturated heterocycles. The second kappa shape index (κ2) is 11.2. The highest BCUT2D eigenvalue weighted by Crippen LogP contribution is 2.21. The number of hydrogen-bond donors (Lipinski definition) is 2. The third-order valence-corrected chi connectivity index (χ3v) is 5.89. The molecule has 3 aromatic carbocycles. The number of ether oxygens (including phenoxy) is 1. The minimum absolute atomic E-state index is 0.248. The number of nitrogens with one attached hydrogen (secondary N) is 1. The first-order valence-electron chi connectivity index (χ1n) is 11.4. The van der Waals surface area contributed by atoms with Gasteiger partial charge in [0, 0.05) is 44.1 Å². The van der Waals surface area contributed by atoms with Crippen LogP contribution in [0.3, 0.4) is 0 Å². The maximum atomic E-state index is 11.4. The van der Waals surface area contributed by atoms with Gasteiger partial charge in [0.1, 0.15) is 5.75 Å². The van der Waals surface area contributed by atoms with E-state index in [2.05, 4.69) is 39.4 Å². The number of carboxylic acid groups (broad SMARTS) is 1. The molecule has 1 aliphatic rings. The molecule has 7 nitrogen and oxygen atoms in total. The first-order chi connectivity index (χ1) is 16.6. The van der Waals surface area contributed by atoms with Gasteiger partial charge in [0.05, 0.1) is 12.7 Å². The Balaban J connectivity index is 1.46. The van der Waals surface area contributed by atoms with Gasteiger partial charge in [0.2, 0.25) is 0 Å². The lowest BCUT2D eigenvalue weighted by molar-refractivity contribution is 0.0697. The Kier molecular flexibility index (Phi) is 7.65. The summed E-state index contributed by atoms with van der Waals surface area (Å²) in [5, 5.41) is 12.7. The van der Waals surface area contributed by atoms with Crippen molar-refractivity contribution in [2.24, 2.45) is 4.99 Å². The van der Waals surface area contributed by atoms with E-state index in [1.165, 1.54) is 11.3 Å². The van der Waals surface area contributed by atoms with E-state index < -0.39 is 5.97 Å².